The molecule has 1 aromatic carbocycles. The zero-order chi connectivity index (χ0) is 10.0. The second-order valence-corrected chi connectivity index (χ2v) is 4.54. The van der Waals surface area contributed by atoms with Gasteiger partial charge in [-0.25, -0.2) is 0 Å². The number of methoxy groups -OCH3 is 1. The summed E-state index contributed by atoms with van der Waals surface area (Å²) in [4.78, 5) is 11.2. The van der Waals surface area contributed by atoms with Crippen molar-refractivity contribution in [3.05, 3.63) is 25.7 Å². The van der Waals surface area contributed by atoms with Crippen molar-refractivity contribution in [3.63, 3.8) is 0 Å². The average Bonchev–Trinajstić information content (AvgIpc) is 2.03. The number of carbonyl (C=O) groups excluding carboxylic acids is 1. The Hall–Kier alpha value is -0.100. The molecule has 0 aliphatic carbocycles. The number of ether oxygens (including phenoxy) is 1. The van der Waals surface area contributed by atoms with E-state index in [2.05, 4.69) is 38.5 Å². The van der Waals surface area contributed by atoms with Crippen LogP contribution in [0.2, 0.25) is 0 Å². The minimum atomic E-state index is 0.0511. The van der Waals surface area contributed by atoms with E-state index in [1.807, 2.05) is 6.07 Å². The molecule has 0 saturated carbocycles. The Bertz CT molecular complexity index is 350. The van der Waals surface area contributed by atoms with Gasteiger partial charge in [-0.2, -0.15) is 0 Å². The van der Waals surface area contributed by atoms with E-state index in [1.165, 1.54) is 0 Å². The minimum Gasteiger partial charge on any atom is -0.496 e. The molecule has 0 spiro atoms. The molecule has 0 N–H and O–H groups in total. The molecule has 0 saturated heterocycles. The number of carbonyl (C=O) groups is 1. The van der Waals surface area contributed by atoms with Crippen LogP contribution >= 0.6 is 38.5 Å². The van der Waals surface area contributed by atoms with E-state index < -0.39 is 0 Å². The van der Waals surface area contributed by atoms with Gasteiger partial charge < -0.3 is 4.74 Å². The predicted octanol–water partition coefficient (Wildman–Crippen LogP) is 3.26. The Morgan fingerprint density at radius 3 is 2.62 bits per heavy atom. The first-order chi connectivity index (χ1) is 6.06. The van der Waals surface area contributed by atoms with Crippen molar-refractivity contribution in [2.75, 3.05) is 7.11 Å². The Morgan fingerprint density at radius 1 is 1.54 bits per heavy atom. The fraction of sp³-hybridized carbons (Fsp3) is 0.222. The lowest BCUT2D eigenvalue weighted by molar-refractivity contribution is 0.101. The van der Waals surface area contributed by atoms with Crippen molar-refractivity contribution in [2.45, 2.75) is 6.92 Å². The van der Waals surface area contributed by atoms with E-state index in [9.17, 15) is 4.79 Å². The third kappa shape index (κ3) is 2.43. The second-order valence-electron chi connectivity index (χ2n) is 2.52. The van der Waals surface area contributed by atoms with Crippen molar-refractivity contribution >= 4 is 44.3 Å². The summed E-state index contributed by atoms with van der Waals surface area (Å²) in [6.45, 7) is 1.55. The number of halogens is 2. The summed E-state index contributed by atoms with van der Waals surface area (Å²) < 4.78 is 6.88. The number of benzene rings is 1. The Kier molecular flexibility index (Phi) is 3.73. The molecule has 2 nitrogen and oxygen atoms in total. The zero-order valence-electron chi connectivity index (χ0n) is 7.23. The van der Waals surface area contributed by atoms with Gasteiger partial charge in [0, 0.05) is 9.13 Å². The molecule has 1 rings (SSSR count). The highest BCUT2D eigenvalue weighted by atomic mass is 127. The highest BCUT2D eigenvalue weighted by molar-refractivity contribution is 14.1. The van der Waals surface area contributed by atoms with Crippen molar-refractivity contribution in [3.8, 4) is 5.75 Å². The van der Waals surface area contributed by atoms with Crippen LogP contribution in [-0.2, 0) is 0 Å². The Labute approximate surface area is 98.9 Å². The first-order valence-corrected chi connectivity index (χ1v) is 5.47. The maximum atomic E-state index is 11.2. The summed E-state index contributed by atoms with van der Waals surface area (Å²) >= 11 is 5.48. The van der Waals surface area contributed by atoms with Gasteiger partial charge in [0.2, 0.25) is 0 Å². The zero-order valence-corrected chi connectivity index (χ0v) is 11.0. The second kappa shape index (κ2) is 4.41. The van der Waals surface area contributed by atoms with Crippen molar-refractivity contribution in [1.29, 1.82) is 0 Å². The molecule has 0 aliphatic rings. The summed E-state index contributed by atoms with van der Waals surface area (Å²) in [5.41, 5.74) is 0.695. The van der Waals surface area contributed by atoms with Crippen LogP contribution in [0.25, 0.3) is 0 Å². The third-order valence-electron chi connectivity index (χ3n) is 1.62. The minimum absolute atomic E-state index is 0.0511. The van der Waals surface area contributed by atoms with Crippen LogP contribution in [0.15, 0.2) is 16.6 Å². The van der Waals surface area contributed by atoms with Crippen LogP contribution in [0.1, 0.15) is 17.3 Å². The van der Waals surface area contributed by atoms with Crippen molar-refractivity contribution in [2.24, 2.45) is 0 Å². The maximum absolute atomic E-state index is 11.2. The average molecular weight is 355 g/mol. The summed E-state index contributed by atoms with van der Waals surface area (Å²) in [6.07, 6.45) is 0. The first-order valence-electron chi connectivity index (χ1n) is 3.60. The summed E-state index contributed by atoms with van der Waals surface area (Å²) in [6, 6.07) is 3.62. The van der Waals surface area contributed by atoms with Crippen molar-refractivity contribution in [1.82, 2.24) is 0 Å². The normalized spacial score (nSPS) is 9.85. The van der Waals surface area contributed by atoms with Gasteiger partial charge in [0.1, 0.15) is 5.75 Å². The molecule has 0 atom stereocenters. The number of Topliss-reactive ketones (excluding diaryl/α,β-unsaturated/α-hetero) is 1. The molecule has 0 heterocycles. The topological polar surface area (TPSA) is 26.3 Å². The van der Waals surface area contributed by atoms with E-state index in [-0.39, 0.29) is 5.78 Å². The first kappa shape index (κ1) is 11.0. The van der Waals surface area contributed by atoms with Gasteiger partial charge in [-0.1, -0.05) is 0 Å². The van der Waals surface area contributed by atoms with Gasteiger partial charge in [-0.05, 0) is 57.6 Å². The molecule has 13 heavy (non-hydrogen) atoms. The molecule has 0 fully saturated rings. The van der Waals surface area contributed by atoms with Crippen molar-refractivity contribution < 1.29 is 9.53 Å². The fourth-order valence-electron chi connectivity index (χ4n) is 0.955. The lowest BCUT2D eigenvalue weighted by atomic mass is 10.1. The molecule has 0 amide bonds. The highest BCUT2D eigenvalue weighted by Crippen LogP contribution is 2.29. The van der Waals surface area contributed by atoms with E-state index in [1.54, 1.807) is 20.1 Å². The van der Waals surface area contributed by atoms with Crippen LogP contribution in [0.4, 0.5) is 0 Å². The van der Waals surface area contributed by atoms with Gasteiger partial charge in [0.05, 0.1) is 11.6 Å². The van der Waals surface area contributed by atoms with Gasteiger partial charge in [0.15, 0.2) is 5.78 Å². The molecule has 1 aromatic rings. The lowest BCUT2D eigenvalue weighted by Gasteiger charge is -2.06. The molecule has 0 unspecified atom stereocenters. The van der Waals surface area contributed by atoms with Gasteiger partial charge in [0.25, 0.3) is 0 Å². The number of rotatable bonds is 2. The Balaban J connectivity index is 3.30. The number of hydrogen-bond acceptors (Lipinski definition) is 2. The largest absolute Gasteiger partial charge is 0.496 e. The predicted molar refractivity (Wildman–Crippen MR) is 63.4 cm³/mol. The molecular weight excluding hydrogens is 347 g/mol. The van der Waals surface area contributed by atoms with Crippen LogP contribution in [0.5, 0.6) is 5.75 Å². The lowest BCUT2D eigenvalue weighted by Crippen LogP contribution is -1.97. The summed E-state index contributed by atoms with van der Waals surface area (Å²) in [5, 5.41) is 0. The molecular formula is C9H8BrIO2. The van der Waals surface area contributed by atoms with Gasteiger partial charge in [-0.3, -0.25) is 4.79 Å². The highest BCUT2D eigenvalue weighted by Gasteiger charge is 2.09. The maximum Gasteiger partial charge on any atom is 0.161 e. The third-order valence-corrected chi connectivity index (χ3v) is 3.13. The fourth-order valence-corrected chi connectivity index (χ4v) is 2.74. The standard InChI is InChI=1S/C9H8BrIO2/c1-5(12)6-3-9(13-2)7(10)4-8(6)11/h3-4H,1-2H3. The SMILES string of the molecule is COc1cc(C(C)=O)c(I)cc1Br. The molecule has 0 radical (unpaired) electrons. The molecule has 0 aliphatic heterocycles. The molecule has 0 aromatic heterocycles. The Morgan fingerprint density at radius 2 is 2.15 bits per heavy atom. The summed E-state index contributed by atoms with van der Waals surface area (Å²) in [5.74, 6) is 0.737. The molecule has 4 heteroatoms. The van der Waals surface area contributed by atoms with E-state index in [0.717, 1.165) is 8.04 Å². The van der Waals surface area contributed by atoms with E-state index in [4.69, 9.17) is 4.74 Å². The smallest absolute Gasteiger partial charge is 0.161 e. The number of hydrogen-bond donors (Lipinski definition) is 0. The van der Waals surface area contributed by atoms with Crippen LogP contribution < -0.4 is 4.74 Å². The summed E-state index contributed by atoms with van der Waals surface area (Å²) in [7, 11) is 1.58. The van der Waals surface area contributed by atoms with Crippen LogP contribution in [0.3, 0.4) is 0 Å². The monoisotopic (exact) mass is 354 g/mol. The van der Waals surface area contributed by atoms with Gasteiger partial charge in [-0.15, -0.1) is 0 Å². The number of ketones is 1. The van der Waals surface area contributed by atoms with Crippen LogP contribution in [0, 0.1) is 3.57 Å². The molecule has 0 bridgehead atoms. The van der Waals surface area contributed by atoms with Crippen LogP contribution in [-0.4, -0.2) is 12.9 Å². The van der Waals surface area contributed by atoms with E-state index in [0.29, 0.717) is 11.3 Å². The quantitative estimate of drug-likeness (QED) is 0.602. The molecule has 70 valence electrons. The van der Waals surface area contributed by atoms with E-state index >= 15 is 0 Å². The van der Waals surface area contributed by atoms with Gasteiger partial charge >= 0.3 is 0 Å².